The predicted octanol–water partition coefficient (Wildman–Crippen LogP) is 5.32. The van der Waals surface area contributed by atoms with Gasteiger partial charge in [0, 0.05) is 42.6 Å². The Morgan fingerprint density at radius 3 is 1.75 bits per heavy atom. The zero-order valence-corrected chi connectivity index (χ0v) is 19.4. The van der Waals surface area contributed by atoms with Crippen molar-refractivity contribution in [3.8, 4) is 34.5 Å². The Hall–Kier alpha value is -4.36. The van der Waals surface area contributed by atoms with Crippen LogP contribution in [0.3, 0.4) is 0 Å². The van der Waals surface area contributed by atoms with Gasteiger partial charge in [0.1, 0.15) is 34.5 Å². The van der Waals surface area contributed by atoms with Crippen LogP contribution in [0.5, 0.6) is 34.5 Å². The van der Waals surface area contributed by atoms with Crippen molar-refractivity contribution in [2.75, 3.05) is 7.11 Å². The molecule has 0 fully saturated rings. The lowest BCUT2D eigenvalue weighted by Gasteiger charge is -2.32. The number of methoxy groups -OCH3 is 1. The highest BCUT2D eigenvalue weighted by atomic mass is 16.5. The first kappa shape index (κ1) is 23.4. The first-order valence-electron chi connectivity index (χ1n) is 11.5. The third-order valence-corrected chi connectivity index (χ3v) is 6.95. The van der Waals surface area contributed by atoms with Gasteiger partial charge in [-0.15, -0.1) is 0 Å². The molecule has 4 aromatic carbocycles. The van der Waals surface area contributed by atoms with Crippen LogP contribution in [0, 0.1) is 0 Å². The maximum Gasteiger partial charge on any atom is 0.123 e. The fraction of sp³-hybridized carbons (Fsp3) is 0.172. The fourth-order valence-corrected chi connectivity index (χ4v) is 5.61. The molecule has 1 aliphatic rings. The molecular weight excluding hydrogens is 460 g/mol. The molecule has 184 valence electrons. The summed E-state index contributed by atoms with van der Waals surface area (Å²) < 4.78 is 6.00. The molecule has 0 amide bonds. The molecule has 7 heteroatoms. The number of fused-ring (bicyclic) bond motifs is 1. The molecule has 0 saturated heterocycles. The number of benzene rings is 4. The zero-order chi connectivity index (χ0) is 25.6. The van der Waals surface area contributed by atoms with Crippen molar-refractivity contribution in [3.63, 3.8) is 0 Å². The predicted molar refractivity (Wildman–Crippen MR) is 133 cm³/mol. The van der Waals surface area contributed by atoms with Crippen molar-refractivity contribution in [2.45, 2.75) is 23.9 Å². The van der Waals surface area contributed by atoms with E-state index >= 15 is 0 Å². The van der Waals surface area contributed by atoms with E-state index in [1.807, 2.05) is 0 Å². The standard InChI is InChI=1S/C29H26O7/c1-36-29(16-4-8-19(31)9-5-16)28-23-13-22(34)14-24(35)27(23)25(15-2-6-18(30)7-3-15)26(28)17-10-20(32)12-21(33)11-17/h2-14,25-26,28-35H,1H3/t25-,26-,28-,29?/m1/s1. The minimum absolute atomic E-state index is 0.0915. The van der Waals surface area contributed by atoms with Gasteiger partial charge in [0.05, 0.1) is 6.10 Å². The minimum Gasteiger partial charge on any atom is -0.508 e. The first-order chi connectivity index (χ1) is 17.3. The van der Waals surface area contributed by atoms with Gasteiger partial charge < -0.3 is 35.4 Å². The Labute approximate surface area is 207 Å². The van der Waals surface area contributed by atoms with Crippen LogP contribution < -0.4 is 0 Å². The zero-order valence-electron chi connectivity index (χ0n) is 19.4. The molecule has 6 N–H and O–H groups in total. The lowest BCUT2D eigenvalue weighted by atomic mass is 9.74. The summed E-state index contributed by atoms with van der Waals surface area (Å²) in [4.78, 5) is 0. The summed E-state index contributed by atoms with van der Waals surface area (Å²) in [6.45, 7) is 0. The van der Waals surface area contributed by atoms with E-state index in [4.69, 9.17) is 4.74 Å². The molecule has 0 aliphatic heterocycles. The van der Waals surface area contributed by atoms with Crippen LogP contribution in [0.1, 0.15) is 51.7 Å². The second-order valence-electron chi connectivity index (χ2n) is 9.12. The number of rotatable bonds is 5. The number of phenols is 6. The summed E-state index contributed by atoms with van der Waals surface area (Å²) in [6.07, 6.45) is -0.581. The van der Waals surface area contributed by atoms with Crippen LogP contribution in [0.25, 0.3) is 0 Å². The Kier molecular flexibility index (Phi) is 5.86. The van der Waals surface area contributed by atoms with E-state index in [-0.39, 0.29) is 34.5 Å². The van der Waals surface area contributed by atoms with Crippen LogP contribution in [-0.2, 0) is 4.74 Å². The largest absolute Gasteiger partial charge is 0.508 e. The van der Waals surface area contributed by atoms with Crippen molar-refractivity contribution in [1.29, 1.82) is 0 Å². The van der Waals surface area contributed by atoms with Gasteiger partial charge in [-0.1, -0.05) is 24.3 Å². The average molecular weight is 487 g/mol. The van der Waals surface area contributed by atoms with Gasteiger partial charge in [-0.25, -0.2) is 0 Å². The summed E-state index contributed by atoms with van der Waals surface area (Å²) in [7, 11) is 1.56. The summed E-state index contributed by atoms with van der Waals surface area (Å²) >= 11 is 0. The topological polar surface area (TPSA) is 131 Å². The third-order valence-electron chi connectivity index (χ3n) is 6.95. The Balaban J connectivity index is 1.81. The van der Waals surface area contributed by atoms with Gasteiger partial charge in [0.25, 0.3) is 0 Å². The molecule has 0 radical (unpaired) electrons. The van der Waals surface area contributed by atoms with Crippen LogP contribution in [0.4, 0.5) is 0 Å². The molecule has 0 saturated carbocycles. The monoisotopic (exact) mass is 486 g/mol. The molecule has 0 aromatic heterocycles. The number of ether oxygens (including phenoxy) is 1. The molecule has 4 atom stereocenters. The molecule has 0 spiro atoms. The second-order valence-corrected chi connectivity index (χ2v) is 9.12. The smallest absolute Gasteiger partial charge is 0.123 e. The number of phenolic OH excluding ortho intramolecular Hbond substituents is 6. The Morgan fingerprint density at radius 2 is 1.17 bits per heavy atom. The van der Waals surface area contributed by atoms with E-state index in [1.54, 1.807) is 73.8 Å². The highest BCUT2D eigenvalue weighted by molar-refractivity contribution is 5.61. The third kappa shape index (κ3) is 4.03. The molecule has 36 heavy (non-hydrogen) atoms. The van der Waals surface area contributed by atoms with Crippen LogP contribution in [-0.4, -0.2) is 37.7 Å². The van der Waals surface area contributed by atoms with Gasteiger partial charge >= 0.3 is 0 Å². The second kappa shape index (κ2) is 9.02. The molecule has 0 bridgehead atoms. The maximum absolute atomic E-state index is 11.1. The van der Waals surface area contributed by atoms with Crippen molar-refractivity contribution < 1.29 is 35.4 Å². The summed E-state index contributed by atoms with van der Waals surface area (Å²) in [5.74, 6) is -1.66. The van der Waals surface area contributed by atoms with Gasteiger partial charge in [-0.3, -0.25) is 0 Å². The number of hydrogen-bond acceptors (Lipinski definition) is 7. The molecule has 5 rings (SSSR count). The van der Waals surface area contributed by atoms with Crippen LogP contribution in [0.15, 0.2) is 78.9 Å². The molecule has 0 heterocycles. The Morgan fingerprint density at radius 1 is 0.611 bits per heavy atom. The van der Waals surface area contributed by atoms with Gasteiger partial charge in [0.2, 0.25) is 0 Å². The van der Waals surface area contributed by atoms with Gasteiger partial charge in [-0.05, 0) is 64.7 Å². The number of hydrogen-bond donors (Lipinski definition) is 6. The minimum atomic E-state index is -0.581. The molecule has 1 aliphatic carbocycles. The molecular formula is C29H26O7. The van der Waals surface area contributed by atoms with E-state index in [0.717, 1.165) is 11.1 Å². The summed E-state index contributed by atoms with van der Waals surface area (Å²) in [5, 5.41) is 62.0. The van der Waals surface area contributed by atoms with E-state index < -0.39 is 23.9 Å². The molecule has 1 unspecified atom stereocenters. The van der Waals surface area contributed by atoms with Crippen molar-refractivity contribution in [2.24, 2.45) is 0 Å². The lowest BCUT2D eigenvalue weighted by Crippen LogP contribution is -2.19. The van der Waals surface area contributed by atoms with E-state index in [9.17, 15) is 30.6 Å². The fourth-order valence-electron chi connectivity index (χ4n) is 5.61. The highest BCUT2D eigenvalue weighted by Crippen LogP contribution is 2.62. The van der Waals surface area contributed by atoms with Crippen molar-refractivity contribution in [3.05, 3.63) is 107 Å². The van der Waals surface area contributed by atoms with Crippen LogP contribution in [0.2, 0.25) is 0 Å². The quantitative estimate of drug-likeness (QED) is 0.225. The normalized spacial score (nSPS) is 19.6. The lowest BCUT2D eigenvalue weighted by molar-refractivity contribution is 0.0717. The Bertz CT molecular complexity index is 1380. The van der Waals surface area contributed by atoms with Crippen molar-refractivity contribution in [1.82, 2.24) is 0 Å². The molecule has 7 nitrogen and oxygen atoms in total. The van der Waals surface area contributed by atoms with Crippen molar-refractivity contribution >= 4 is 0 Å². The maximum atomic E-state index is 11.1. The SMILES string of the molecule is COC(c1ccc(O)cc1)[C@@H]1c2cc(O)cc(O)c2[C@H](c2ccc(O)cc2)[C@H]1c1cc(O)cc(O)c1. The molecule has 4 aromatic rings. The number of aromatic hydroxyl groups is 6. The summed E-state index contributed by atoms with van der Waals surface area (Å²) in [6, 6.07) is 20.5. The highest BCUT2D eigenvalue weighted by Gasteiger charge is 2.48. The summed E-state index contributed by atoms with van der Waals surface area (Å²) in [5.41, 5.74) is 3.38. The first-order valence-corrected chi connectivity index (χ1v) is 11.5. The van der Waals surface area contributed by atoms with E-state index in [1.165, 1.54) is 12.1 Å². The van der Waals surface area contributed by atoms with E-state index in [0.29, 0.717) is 16.7 Å². The van der Waals surface area contributed by atoms with Gasteiger partial charge in [0.15, 0.2) is 0 Å². The van der Waals surface area contributed by atoms with Crippen LogP contribution >= 0.6 is 0 Å². The van der Waals surface area contributed by atoms with Gasteiger partial charge in [-0.2, -0.15) is 0 Å². The van der Waals surface area contributed by atoms with E-state index in [2.05, 4.69) is 0 Å². The average Bonchev–Trinajstić information content (AvgIpc) is 3.16.